The van der Waals surface area contributed by atoms with Gasteiger partial charge in [0.2, 0.25) is 0 Å². The minimum absolute atomic E-state index is 0.130. The van der Waals surface area contributed by atoms with Gasteiger partial charge in [-0.3, -0.25) is 4.79 Å². The van der Waals surface area contributed by atoms with Crippen molar-refractivity contribution >= 4 is 11.9 Å². The summed E-state index contributed by atoms with van der Waals surface area (Å²) in [5, 5.41) is 11.2. The molecule has 0 aliphatic heterocycles. The van der Waals surface area contributed by atoms with Crippen LogP contribution in [0, 0.1) is 0 Å². The normalized spacial score (nSPS) is 12.3. The van der Waals surface area contributed by atoms with Crippen LogP contribution in [-0.2, 0) is 10.2 Å². The Labute approximate surface area is 105 Å². The topological polar surface area (TPSA) is 92.4 Å². The van der Waals surface area contributed by atoms with Crippen molar-refractivity contribution in [3.63, 3.8) is 0 Å². The minimum Gasteiger partial charge on any atom is -0.480 e. The van der Waals surface area contributed by atoms with E-state index in [0.717, 1.165) is 0 Å². The summed E-state index contributed by atoms with van der Waals surface area (Å²) in [6.07, 6.45) is 1.47. The number of carboxylic acids is 1. The van der Waals surface area contributed by atoms with Crippen LogP contribution in [0.3, 0.4) is 0 Å². The van der Waals surface area contributed by atoms with Crippen molar-refractivity contribution in [3.8, 4) is 0 Å². The number of rotatable bonds is 3. The number of oxazole rings is 1. The third kappa shape index (κ3) is 3.09. The zero-order valence-electron chi connectivity index (χ0n) is 11.2. The predicted octanol–water partition coefficient (Wildman–Crippen LogP) is 1.57. The quantitative estimate of drug-likeness (QED) is 0.854. The fourth-order valence-electron chi connectivity index (χ4n) is 1.12. The van der Waals surface area contributed by atoms with Gasteiger partial charge in [-0.2, -0.15) is 0 Å². The van der Waals surface area contributed by atoms with Crippen molar-refractivity contribution in [2.24, 2.45) is 0 Å². The maximum atomic E-state index is 11.8. The van der Waals surface area contributed by atoms with Gasteiger partial charge in [-0.15, -0.1) is 0 Å². The first-order valence-electron chi connectivity index (χ1n) is 5.56. The van der Waals surface area contributed by atoms with E-state index in [1.54, 1.807) is 0 Å². The molecule has 1 heterocycles. The molecule has 0 radical (unpaired) electrons. The van der Waals surface area contributed by atoms with E-state index in [0.29, 0.717) is 5.76 Å². The van der Waals surface area contributed by atoms with E-state index in [1.807, 2.05) is 20.8 Å². The Morgan fingerprint density at radius 3 is 2.22 bits per heavy atom. The number of hydrogen-bond donors (Lipinski definition) is 2. The Balaban J connectivity index is 2.87. The summed E-state index contributed by atoms with van der Waals surface area (Å²) in [5.74, 6) is -1.33. The fraction of sp³-hybridized carbons (Fsp3) is 0.583. The monoisotopic (exact) mass is 254 g/mol. The van der Waals surface area contributed by atoms with Gasteiger partial charge in [0.25, 0.3) is 5.89 Å². The summed E-state index contributed by atoms with van der Waals surface area (Å²) in [6, 6.07) is 0. The zero-order chi connectivity index (χ0) is 14.1. The Bertz CT molecular complexity index is 469. The van der Waals surface area contributed by atoms with E-state index >= 15 is 0 Å². The molecule has 0 spiro atoms. The van der Waals surface area contributed by atoms with Crippen LogP contribution in [-0.4, -0.2) is 27.5 Å². The highest BCUT2D eigenvalue weighted by molar-refractivity contribution is 5.94. The highest BCUT2D eigenvalue weighted by Gasteiger charge is 2.31. The molecule has 6 nitrogen and oxygen atoms in total. The molecule has 2 N–H and O–H groups in total. The average molecular weight is 254 g/mol. The summed E-state index contributed by atoms with van der Waals surface area (Å²) in [4.78, 5) is 26.5. The maximum Gasteiger partial charge on any atom is 0.328 e. The van der Waals surface area contributed by atoms with E-state index in [4.69, 9.17) is 9.52 Å². The molecule has 100 valence electrons. The van der Waals surface area contributed by atoms with Crippen molar-refractivity contribution in [1.82, 2.24) is 10.3 Å². The molecular weight excluding hydrogens is 236 g/mol. The van der Waals surface area contributed by atoms with E-state index in [-0.39, 0.29) is 11.3 Å². The van der Waals surface area contributed by atoms with Crippen LogP contribution in [0.4, 0.5) is 0 Å². The molecule has 18 heavy (non-hydrogen) atoms. The maximum absolute atomic E-state index is 11.8. The van der Waals surface area contributed by atoms with Gasteiger partial charge in [0.05, 0.1) is 6.20 Å². The lowest BCUT2D eigenvalue weighted by molar-refractivity contribution is -0.143. The summed E-state index contributed by atoms with van der Waals surface area (Å²) in [6.45, 7) is 8.56. The van der Waals surface area contributed by atoms with Crippen molar-refractivity contribution < 1.29 is 19.1 Å². The molecule has 0 bridgehead atoms. The van der Waals surface area contributed by atoms with Gasteiger partial charge in [-0.25, -0.2) is 9.78 Å². The van der Waals surface area contributed by atoms with Crippen LogP contribution in [0.5, 0.6) is 0 Å². The third-order valence-electron chi connectivity index (χ3n) is 2.40. The lowest BCUT2D eigenvalue weighted by atomic mass is 9.94. The highest BCUT2D eigenvalue weighted by Crippen LogP contribution is 2.22. The minimum atomic E-state index is -1.37. The van der Waals surface area contributed by atoms with E-state index in [2.05, 4.69) is 10.3 Å². The third-order valence-corrected chi connectivity index (χ3v) is 2.40. The molecule has 0 saturated heterocycles. The zero-order valence-corrected chi connectivity index (χ0v) is 11.2. The number of carbonyl (C=O) groups excluding carboxylic acids is 1. The molecule has 1 aromatic rings. The number of nitrogens with one attached hydrogen (secondary N) is 1. The fourth-order valence-corrected chi connectivity index (χ4v) is 1.12. The van der Waals surface area contributed by atoms with Crippen molar-refractivity contribution in [2.45, 2.75) is 45.6 Å². The van der Waals surface area contributed by atoms with Crippen LogP contribution in [0.1, 0.15) is 51.1 Å². The molecule has 0 saturated carbocycles. The van der Waals surface area contributed by atoms with Crippen LogP contribution in [0.25, 0.3) is 0 Å². The molecule has 6 heteroatoms. The Morgan fingerprint density at radius 2 is 1.83 bits per heavy atom. The molecule has 1 aromatic heterocycles. The smallest absolute Gasteiger partial charge is 0.328 e. The molecule has 0 aromatic carbocycles. The second kappa shape index (κ2) is 4.44. The summed E-state index contributed by atoms with van der Waals surface area (Å²) in [5.41, 5.74) is -1.62. The van der Waals surface area contributed by atoms with Gasteiger partial charge in [0.1, 0.15) is 11.3 Å². The number of aromatic nitrogens is 1. The standard InChI is InChI=1S/C12H18N2O4/c1-11(2,3)7-6-13-9(18-7)8(15)14-12(4,5)10(16)17/h6H,1-5H3,(H,14,15)(H,16,17). The number of hydrogen-bond acceptors (Lipinski definition) is 4. The van der Waals surface area contributed by atoms with Gasteiger partial charge in [0, 0.05) is 5.41 Å². The van der Waals surface area contributed by atoms with Gasteiger partial charge < -0.3 is 14.8 Å². The SMILES string of the molecule is CC(C)(NC(=O)c1ncc(C(C)(C)C)o1)C(=O)O. The Hall–Kier alpha value is -1.85. The van der Waals surface area contributed by atoms with Gasteiger partial charge in [0.15, 0.2) is 0 Å². The number of amides is 1. The number of aliphatic carboxylic acids is 1. The second-order valence-electron chi connectivity index (χ2n) is 5.66. The lowest BCUT2D eigenvalue weighted by Gasteiger charge is -2.19. The van der Waals surface area contributed by atoms with Crippen LogP contribution in [0.2, 0.25) is 0 Å². The second-order valence-corrected chi connectivity index (χ2v) is 5.66. The number of carboxylic acid groups (broad SMARTS) is 1. The van der Waals surface area contributed by atoms with Gasteiger partial charge >= 0.3 is 11.9 Å². The van der Waals surface area contributed by atoms with Crippen molar-refractivity contribution in [3.05, 3.63) is 17.8 Å². The van der Waals surface area contributed by atoms with Crippen LogP contribution >= 0.6 is 0 Å². The highest BCUT2D eigenvalue weighted by atomic mass is 16.4. The molecule has 1 rings (SSSR count). The average Bonchev–Trinajstić information content (AvgIpc) is 2.64. The van der Waals surface area contributed by atoms with Crippen molar-refractivity contribution in [1.29, 1.82) is 0 Å². The lowest BCUT2D eigenvalue weighted by Crippen LogP contribution is -2.49. The Morgan fingerprint density at radius 1 is 1.28 bits per heavy atom. The number of carbonyl (C=O) groups is 2. The molecule has 0 atom stereocenters. The first kappa shape index (κ1) is 14.2. The van der Waals surface area contributed by atoms with Crippen LogP contribution in [0.15, 0.2) is 10.6 Å². The molecule has 1 amide bonds. The van der Waals surface area contributed by atoms with Gasteiger partial charge in [-0.1, -0.05) is 20.8 Å². The summed E-state index contributed by atoms with van der Waals surface area (Å²) >= 11 is 0. The van der Waals surface area contributed by atoms with Crippen LogP contribution < -0.4 is 5.32 Å². The van der Waals surface area contributed by atoms with E-state index < -0.39 is 17.4 Å². The predicted molar refractivity (Wildman–Crippen MR) is 64.4 cm³/mol. The molecule has 0 aliphatic rings. The first-order chi connectivity index (χ1) is 8.04. The summed E-state index contributed by atoms with van der Waals surface area (Å²) in [7, 11) is 0. The van der Waals surface area contributed by atoms with E-state index in [1.165, 1.54) is 20.0 Å². The van der Waals surface area contributed by atoms with E-state index in [9.17, 15) is 9.59 Å². The first-order valence-corrected chi connectivity index (χ1v) is 5.56. The van der Waals surface area contributed by atoms with Crippen molar-refractivity contribution in [2.75, 3.05) is 0 Å². The summed E-state index contributed by atoms with van der Waals surface area (Å²) < 4.78 is 5.32. The molecular formula is C12H18N2O4. The molecule has 0 aliphatic carbocycles. The largest absolute Gasteiger partial charge is 0.480 e. The molecule has 0 unspecified atom stereocenters. The Kier molecular flexibility index (Phi) is 3.50. The van der Waals surface area contributed by atoms with Gasteiger partial charge in [-0.05, 0) is 13.8 Å². The number of nitrogens with zero attached hydrogens (tertiary/aromatic N) is 1. The molecule has 0 fully saturated rings.